The van der Waals surface area contributed by atoms with Crippen molar-refractivity contribution in [3.8, 4) is 11.5 Å². The molecule has 0 amide bonds. The Bertz CT molecular complexity index is 2160. The van der Waals surface area contributed by atoms with E-state index in [0.29, 0.717) is 39.8 Å². The maximum atomic E-state index is 12.7. The first kappa shape index (κ1) is 30.1. The van der Waals surface area contributed by atoms with Gasteiger partial charge in [0, 0.05) is 23.2 Å². The summed E-state index contributed by atoms with van der Waals surface area (Å²) in [5, 5.41) is 1.32. The third-order valence-electron chi connectivity index (χ3n) is 6.73. The standard InChI is InChI=1S/C16H13NO4S.C15H12BrNO3S/c1-21-16-8-7-15-13(14(16)11-18)9-10-17(15)22(19,20)12-5-3-2-4-6-12;1-20-14-8-7-13-12(15(14)16)9-10-17(13)21(18,19)11-5-3-2-4-6-11/h2-11H,1H3;2-10H,1H3. The van der Waals surface area contributed by atoms with Crippen LogP contribution in [0.25, 0.3) is 21.8 Å². The summed E-state index contributed by atoms with van der Waals surface area (Å²) in [6.07, 6.45) is 3.66. The van der Waals surface area contributed by atoms with Gasteiger partial charge in [-0.2, -0.15) is 0 Å². The average molecular weight is 682 g/mol. The molecule has 0 aliphatic heterocycles. The highest BCUT2D eigenvalue weighted by molar-refractivity contribution is 9.10. The van der Waals surface area contributed by atoms with Gasteiger partial charge in [0.15, 0.2) is 6.29 Å². The van der Waals surface area contributed by atoms with Gasteiger partial charge in [0.05, 0.1) is 45.1 Å². The summed E-state index contributed by atoms with van der Waals surface area (Å²) in [6.45, 7) is 0. The zero-order valence-corrected chi connectivity index (χ0v) is 26.1. The van der Waals surface area contributed by atoms with Crippen molar-refractivity contribution in [1.82, 2.24) is 7.94 Å². The fourth-order valence-electron chi connectivity index (χ4n) is 4.62. The van der Waals surface area contributed by atoms with Gasteiger partial charge in [-0.25, -0.2) is 24.8 Å². The van der Waals surface area contributed by atoms with Crippen molar-refractivity contribution in [2.45, 2.75) is 9.79 Å². The van der Waals surface area contributed by atoms with Crippen molar-refractivity contribution < 1.29 is 31.1 Å². The molecule has 2 heterocycles. The molecule has 0 aliphatic rings. The summed E-state index contributed by atoms with van der Waals surface area (Å²) in [5.74, 6) is 1.08. The van der Waals surface area contributed by atoms with Crippen LogP contribution in [0.15, 0.2) is 124 Å². The van der Waals surface area contributed by atoms with E-state index in [1.165, 1.54) is 33.4 Å². The van der Waals surface area contributed by atoms with Crippen molar-refractivity contribution in [3.63, 3.8) is 0 Å². The van der Waals surface area contributed by atoms with Gasteiger partial charge in [-0.05, 0) is 76.6 Å². The molecule has 12 heteroatoms. The zero-order chi connectivity index (χ0) is 30.8. The van der Waals surface area contributed by atoms with Crippen LogP contribution in [0.1, 0.15) is 10.4 Å². The SMILES string of the molecule is COc1ccc2c(ccn2S(=O)(=O)c2ccccc2)c1Br.COc1ccc2c(ccn2S(=O)(=O)c2ccccc2)c1C=O. The number of methoxy groups -OCH3 is 2. The monoisotopic (exact) mass is 680 g/mol. The van der Waals surface area contributed by atoms with Crippen LogP contribution in [0.5, 0.6) is 11.5 Å². The molecule has 0 fully saturated rings. The van der Waals surface area contributed by atoms with E-state index in [9.17, 15) is 21.6 Å². The molecule has 0 saturated carbocycles. The van der Waals surface area contributed by atoms with Gasteiger partial charge in [0.2, 0.25) is 0 Å². The van der Waals surface area contributed by atoms with Gasteiger partial charge < -0.3 is 9.47 Å². The van der Waals surface area contributed by atoms with Crippen molar-refractivity contribution in [3.05, 3.63) is 119 Å². The molecule has 6 aromatic rings. The molecule has 0 bridgehead atoms. The largest absolute Gasteiger partial charge is 0.496 e. The van der Waals surface area contributed by atoms with E-state index in [-0.39, 0.29) is 9.79 Å². The van der Waals surface area contributed by atoms with Crippen molar-refractivity contribution >= 4 is 64.1 Å². The van der Waals surface area contributed by atoms with E-state index < -0.39 is 20.0 Å². The number of carbonyl (C=O) groups excluding carboxylic acids is 1. The summed E-state index contributed by atoms with van der Waals surface area (Å²) in [7, 11) is -4.27. The molecule has 220 valence electrons. The van der Waals surface area contributed by atoms with Crippen LogP contribution in [-0.4, -0.2) is 45.3 Å². The van der Waals surface area contributed by atoms with Crippen LogP contribution in [-0.2, 0) is 20.0 Å². The van der Waals surface area contributed by atoms with Gasteiger partial charge >= 0.3 is 0 Å². The number of nitrogens with zero attached hydrogens (tertiary/aromatic N) is 2. The second-order valence-electron chi connectivity index (χ2n) is 9.11. The minimum atomic E-state index is -3.71. The highest BCUT2D eigenvalue weighted by atomic mass is 79.9. The van der Waals surface area contributed by atoms with E-state index in [1.54, 1.807) is 98.2 Å². The second kappa shape index (κ2) is 12.1. The maximum absolute atomic E-state index is 12.7. The van der Waals surface area contributed by atoms with Crippen LogP contribution in [0, 0.1) is 0 Å². The summed E-state index contributed by atoms with van der Waals surface area (Å²) in [4.78, 5) is 11.7. The Morgan fingerprint density at radius 3 is 1.51 bits per heavy atom. The van der Waals surface area contributed by atoms with Crippen LogP contribution in [0.4, 0.5) is 0 Å². The third-order valence-corrected chi connectivity index (χ3v) is 11.0. The zero-order valence-electron chi connectivity index (χ0n) is 22.9. The molecule has 0 spiro atoms. The highest BCUT2D eigenvalue weighted by Crippen LogP contribution is 2.35. The van der Waals surface area contributed by atoms with Gasteiger partial charge in [0.25, 0.3) is 20.0 Å². The number of hydrogen-bond acceptors (Lipinski definition) is 7. The van der Waals surface area contributed by atoms with Gasteiger partial charge in [-0.1, -0.05) is 36.4 Å². The van der Waals surface area contributed by atoms with Gasteiger partial charge in [-0.15, -0.1) is 0 Å². The van der Waals surface area contributed by atoms with Crippen LogP contribution in [0.2, 0.25) is 0 Å². The first-order valence-electron chi connectivity index (χ1n) is 12.7. The number of rotatable bonds is 7. The molecule has 0 N–H and O–H groups in total. The molecule has 0 saturated heterocycles. The number of halogens is 1. The second-order valence-corrected chi connectivity index (χ2v) is 13.5. The maximum Gasteiger partial charge on any atom is 0.268 e. The smallest absolute Gasteiger partial charge is 0.268 e. The highest BCUT2D eigenvalue weighted by Gasteiger charge is 2.21. The molecule has 9 nitrogen and oxygen atoms in total. The quantitative estimate of drug-likeness (QED) is 0.181. The number of benzene rings is 4. The topological polar surface area (TPSA) is 114 Å². The first-order valence-corrected chi connectivity index (χ1v) is 16.4. The molecule has 0 aliphatic carbocycles. The lowest BCUT2D eigenvalue weighted by atomic mass is 10.1. The third kappa shape index (κ3) is 5.44. The summed E-state index contributed by atoms with van der Waals surface area (Å²) >= 11 is 3.45. The molecule has 0 atom stereocenters. The summed E-state index contributed by atoms with van der Waals surface area (Å²) in [6, 6.07) is 26.6. The molecular formula is C31H25BrN2O7S2. The Kier molecular flexibility index (Phi) is 8.45. The fourth-order valence-corrected chi connectivity index (χ4v) is 7.98. The number of fused-ring (bicyclic) bond motifs is 2. The lowest BCUT2D eigenvalue weighted by molar-refractivity contribution is 0.112. The number of aldehydes is 1. The Morgan fingerprint density at radius 1 is 0.605 bits per heavy atom. The molecular weight excluding hydrogens is 656 g/mol. The van der Waals surface area contributed by atoms with E-state index in [4.69, 9.17) is 9.47 Å². The lowest BCUT2D eigenvalue weighted by Crippen LogP contribution is -2.11. The number of aromatic nitrogens is 2. The molecule has 43 heavy (non-hydrogen) atoms. The Labute approximate surface area is 257 Å². The first-order chi connectivity index (χ1) is 20.6. The molecule has 0 unspecified atom stereocenters. The summed E-state index contributed by atoms with van der Waals surface area (Å²) < 4.78 is 64.3. The minimum Gasteiger partial charge on any atom is -0.496 e. The van der Waals surface area contributed by atoms with Crippen LogP contribution >= 0.6 is 15.9 Å². The predicted octanol–water partition coefficient (Wildman–Crippen LogP) is 6.35. The van der Waals surface area contributed by atoms with Crippen molar-refractivity contribution in [1.29, 1.82) is 0 Å². The van der Waals surface area contributed by atoms with E-state index in [0.717, 1.165) is 9.86 Å². The number of hydrogen-bond donors (Lipinski definition) is 0. The van der Waals surface area contributed by atoms with E-state index in [1.807, 2.05) is 0 Å². The number of ether oxygens (including phenoxy) is 2. The molecule has 0 radical (unpaired) electrons. The number of carbonyl (C=O) groups is 1. The molecule has 2 aromatic heterocycles. The fraction of sp³-hybridized carbons (Fsp3) is 0.0645. The van der Waals surface area contributed by atoms with E-state index in [2.05, 4.69) is 15.9 Å². The average Bonchev–Trinajstić information content (AvgIpc) is 3.68. The van der Waals surface area contributed by atoms with Gasteiger partial charge in [0.1, 0.15) is 11.5 Å². The van der Waals surface area contributed by atoms with Crippen molar-refractivity contribution in [2.24, 2.45) is 0 Å². The molecule has 4 aromatic carbocycles. The Balaban J connectivity index is 0.000000171. The van der Waals surface area contributed by atoms with Crippen LogP contribution in [0.3, 0.4) is 0 Å². The Morgan fingerprint density at radius 2 is 1.05 bits per heavy atom. The van der Waals surface area contributed by atoms with Crippen LogP contribution < -0.4 is 9.47 Å². The minimum absolute atomic E-state index is 0.191. The van der Waals surface area contributed by atoms with E-state index >= 15 is 0 Å². The predicted molar refractivity (Wildman–Crippen MR) is 168 cm³/mol. The summed E-state index contributed by atoms with van der Waals surface area (Å²) in [5.41, 5.74) is 1.38. The van der Waals surface area contributed by atoms with Crippen molar-refractivity contribution in [2.75, 3.05) is 14.2 Å². The lowest BCUT2D eigenvalue weighted by Gasteiger charge is -2.09. The Hall–Kier alpha value is -4.39. The normalized spacial score (nSPS) is 11.6. The molecule has 6 rings (SSSR count). The van der Waals surface area contributed by atoms with Gasteiger partial charge in [-0.3, -0.25) is 4.79 Å².